The van der Waals surface area contributed by atoms with Gasteiger partial charge in [0.05, 0.1) is 6.10 Å². The Kier molecular flexibility index (Phi) is 3.12. The van der Waals surface area contributed by atoms with Crippen molar-refractivity contribution in [3.63, 3.8) is 0 Å². The van der Waals surface area contributed by atoms with Crippen LogP contribution < -0.4 is 11.2 Å². The van der Waals surface area contributed by atoms with Gasteiger partial charge in [-0.3, -0.25) is 4.84 Å². The highest BCUT2D eigenvalue weighted by molar-refractivity contribution is 4.76. The maximum absolute atomic E-state index is 5.06. The molecule has 60 valence electrons. The van der Waals surface area contributed by atoms with Gasteiger partial charge in [-0.15, -0.1) is 0 Å². The maximum atomic E-state index is 5.06. The Labute approximate surface area is 61.9 Å². The second-order valence-electron chi connectivity index (χ2n) is 2.90. The second kappa shape index (κ2) is 3.91. The predicted molar refractivity (Wildman–Crippen MR) is 40.4 cm³/mol. The van der Waals surface area contributed by atoms with Gasteiger partial charge in [-0.05, 0) is 26.3 Å². The van der Waals surface area contributed by atoms with Crippen LogP contribution in [-0.2, 0) is 4.84 Å². The van der Waals surface area contributed by atoms with Crippen LogP contribution >= 0.6 is 0 Å². The summed E-state index contributed by atoms with van der Waals surface area (Å²) in [5, 5.41) is 3.36. The molecule has 3 heteroatoms. The fourth-order valence-electron chi connectivity index (χ4n) is 1.37. The van der Waals surface area contributed by atoms with Gasteiger partial charge in [0.25, 0.3) is 0 Å². The molecular formula is C7H16N2O. The van der Waals surface area contributed by atoms with Crippen molar-refractivity contribution in [1.82, 2.24) is 5.32 Å². The van der Waals surface area contributed by atoms with Gasteiger partial charge in [0.15, 0.2) is 0 Å². The number of nitrogens with two attached hydrogens (primary N) is 1. The molecule has 0 spiro atoms. The first-order valence-corrected chi connectivity index (χ1v) is 3.93. The summed E-state index contributed by atoms with van der Waals surface area (Å²) in [5.74, 6) is 5.06. The molecule has 1 rings (SSSR count). The monoisotopic (exact) mass is 144 g/mol. The average molecular weight is 144 g/mol. The van der Waals surface area contributed by atoms with Gasteiger partial charge in [0.1, 0.15) is 0 Å². The molecule has 0 amide bonds. The number of rotatable bonds is 2. The van der Waals surface area contributed by atoms with E-state index < -0.39 is 0 Å². The Morgan fingerprint density at radius 1 is 1.60 bits per heavy atom. The van der Waals surface area contributed by atoms with E-state index in [9.17, 15) is 0 Å². The van der Waals surface area contributed by atoms with Crippen molar-refractivity contribution in [2.45, 2.75) is 38.3 Å². The molecule has 0 saturated carbocycles. The van der Waals surface area contributed by atoms with E-state index in [4.69, 9.17) is 10.7 Å². The lowest BCUT2D eigenvalue weighted by Gasteiger charge is -2.27. The molecule has 0 radical (unpaired) electrons. The van der Waals surface area contributed by atoms with Crippen LogP contribution in [0.1, 0.15) is 26.2 Å². The third-order valence-corrected chi connectivity index (χ3v) is 2.13. The van der Waals surface area contributed by atoms with E-state index in [2.05, 4.69) is 5.32 Å². The molecule has 10 heavy (non-hydrogen) atoms. The third kappa shape index (κ3) is 1.94. The summed E-state index contributed by atoms with van der Waals surface area (Å²) < 4.78 is 0. The quantitative estimate of drug-likeness (QED) is 0.552. The van der Waals surface area contributed by atoms with Crippen molar-refractivity contribution in [2.24, 2.45) is 5.90 Å². The van der Waals surface area contributed by atoms with Gasteiger partial charge in [-0.1, -0.05) is 6.42 Å². The van der Waals surface area contributed by atoms with Gasteiger partial charge in [0, 0.05) is 6.04 Å². The SMILES string of the molecule is CC(ON)C1CCCCN1. The van der Waals surface area contributed by atoms with E-state index in [1.165, 1.54) is 19.3 Å². The highest BCUT2D eigenvalue weighted by Crippen LogP contribution is 2.10. The summed E-state index contributed by atoms with van der Waals surface area (Å²) in [5.41, 5.74) is 0. The number of hydrogen-bond donors (Lipinski definition) is 2. The Morgan fingerprint density at radius 3 is 2.90 bits per heavy atom. The maximum Gasteiger partial charge on any atom is 0.0911 e. The Hall–Kier alpha value is -0.120. The molecule has 0 aliphatic carbocycles. The van der Waals surface area contributed by atoms with E-state index >= 15 is 0 Å². The summed E-state index contributed by atoms with van der Waals surface area (Å²) in [6.45, 7) is 3.11. The van der Waals surface area contributed by atoms with Crippen molar-refractivity contribution in [3.8, 4) is 0 Å². The Balaban J connectivity index is 2.24. The third-order valence-electron chi connectivity index (χ3n) is 2.13. The molecule has 1 fully saturated rings. The van der Waals surface area contributed by atoms with Crippen LogP contribution in [0, 0.1) is 0 Å². The Bertz CT molecular complexity index is 91.6. The summed E-state index contributed by atoms with van der Waals surface area (Å²) in [6.07, 6.45) is 3.93. The van der Waals surface area contributed by atoms with Crippen LogP contribution in [0.4, 0.5) is 0 Å². The van der Waals surface area contributed by atoms with E-state index in [1.54, 1.807) is 0 Å². The van der Waals surface area contributed by atoms with Crippen LogP contribution in [0.25, 0.3) is 0 Å². The average Bonchev–Trinajstić information content (AvgIpc) is 2.05. The van der Waals surface area contributed by atoms with Gasteiger partial charge in [-0.25, -0.2) is 5.90 Å². The predicted octanol–water partition coefficient (Wildman–Crippen LogP) is 0.407. The van der Waals surface area contributed by atoms with E-state index in [-0.39, 0.29) is 6.10 Å². The topological polar surface area (TPSA) is 47.3 Å². The van der Waals surface area contributed by atoms with Crippen molar-refractivity contribution >= 4 is 0 Å². The minimum Gasteiger partial charge on any atom is -0.311 e. The zero-order chi connectivity index (χ0) is 7.40. The summed E-state index contributed by atoms with van der Waals surface area (Å²) >= 11 is 0. The lowest BCUT2D eigenvalue weighted by atomic mass is 10.0. The highest BCUT2D eigenvalue weighted by Gasteiger charge is 2.18. The van der Waals surface area contributed by atoms with Crippen molar-refractivity contribution in [3.05, 3.63) is 0 Å². The van der Waals surface area contributed by atoms with Gasteiger partial charge in [0.2, 0.25) is 0 Å². The molecule has 1 saturated heterocycles. The standard InChI is InChI=1S/C7H16N2O/c1-6(10-8)7-4-2-3-5-9-7/h6-7,9H,2-5,8H2,1H3. The molecule has 1 aliphatic heterocycles. The molecule has 3 nitrogen and oxygen atoms in total. The minimum absolute atomic E-state index is 0.153. The molecule has 0 bridgehead atoms. The molecule has 3 N–H and O–H groups in total. The van der Waals surface area contributed by atoms with Crippen LogP contribution in [0.2, 0.25) is 0 Å². The summed E-state index contributed by atoms with van der Waals surface area (Å²) in [4.78, 5) is 4.73. The fourth-order valence-corrected chi connectivity index (χ4v) is 1.37. The lowest BCUT2D eigenvalue weighted by Crippen LogP contribution is -2.43. The molecule has 0 aromatic rings. The fraction of sp³-hybridized carbons (Fsp3) is 1.00. The molecule has 0 aromatic carbocycles. The van der Waals surface area contributed by atoms with Crippen LogP contribution in [0.5, 0.6) is 0 Å². The highest BCUT2D eigenvalue weighted by atomic mass is 16.6. The van der Waals surface area contributed by atoms with Gasteiger partial charge in [-0.2, -0.15) is 0 Å². The van der Waals surface area contributed by atoms with Crippen LogP contribution in [0.3, 0.4) is 0 Å². The zero-order valence-corrected chi connectivity index (χ0v) is 6.47. The smallest absolute Gasteiger partial charge is 0.0911 e. The molecule has 2 atom stereocenters. The first-order valence-electron chi connectivity index (χ1n) is 3.93. The first-order chi connectivity index (χ1) is 4.84. The van der Waals surface area contributed by atoms with E-state index in [0.29, 0.717) is 6.04 Å². The van der Waals surface area contributed by atoms with E-state index in [0.717, 1.165) is 6.54 Å². The van der Waals surface area contributed by atoms with Crippen molar-refractivity contribution < 1.29 is 4.84 Å². The molecule has 2 unspecified atom stereocenters. The van der Waals surface area contributed by atoms with Crippen LogP contribution in [0.15, 0.2) is 0 Å². The number of hydrogen-bond acceptors (Lipinski definition) is 3. The Morgan fingerprint density at radius 2 is 2.40 bits per heavy atom. The summed E-state index contributed by atoms with van der Waals surface area (Å²) in [6, 6.07) is 0.471. The number of nitrogens with one attached hydrogen (secondary N) is 1. The molecule has 1 aliphatic rings. The second-order valence-corrected chi connectivity index (χ2v) is 2.90. The summed E-state index contributed by atoms with van der Waals surface area (Å²) in [7, 11) is 0. The van der Waals surface area contributed by atoms with E-state index in [1.807, 2.05) is 6.92 Å². The molecule has 1 heterocycles. The molecule has 0 aromatic heterocycles. The van der Waals surface area contributed by atoms with Crippen LogP contribution in [-0.4, -0.2) is 18.7 Å². The normalized spacial score (nSPS) is 30.0. The molecular weight excluding hydrogens is 128 g/mol. The first kappa shape index (κ1) is 7.98. The number of piperidine rings is 1. The van der Waals surface area contributed by atoms with Gasteiger partial charge >= 0.3 is 0 Å². The van der Waals surface area contributed by atoms with Crippen molar-refractivity contribution in [2.75, 3.05) is 6.54 Å². The largest absolute Gasteiger partial charge is 0.311 e. The van der Waals surface area contributed by atoms with Gasteiger partial charge < -0.3 is 5.32 Å². The zero-order valence-electron chi connectivity index (χ0n) is 6.47. The minimum atomic E-state index is 0.153. The lowest BCUT2D eigenvalue weighted by molar-refractivity contribution is 0.0315. The van der Waals surface area contributed by atoms with Crippen molar-refractivity contribution in [1.29, 1.82) is 0 Å².